The summed E-state index contributed by atoms with van der Waals surface area (Å²) in [5.74, 6) is 0.173. The van der Waals surface area contributed by atoms with Crippen molar-refractivity contribution in [3.8, 4) is 0 Å². The molecule has 0 unspecified atom stereocenters. The van der Waals surface area contributed by atoms with E-state index in [4.69, 9.17) is 0 Å². The van der Waals surface area contributed by atoms with Gasteiger partial charge in [-0.05, 0) is 49.8 Å². The van der Waals surface area contributed by atoms with Crippen LogP contribution in [0.25, 0.3) is 16.6 Å². The Morgan fingerprint density at radius 2 is 2.03 bits per heavy atom. The van der Waals surface area contributed by atoms with E-state index in [-0.39, 0.29) is 22.9 Å². The highest BCUT2D eigenvalue weighted by Gasteiger charge is 2.23. The molecule has 1 fully saturated rings. The maximum absolute atomic E-state index is 13.8. The highest BCUT2D eigenvalue weighted by Crippen LogP contribution is 2.35. The molecule has 1 N–H and O–H groups in total. The molecule has 0 saturated heterocycles. The minimum Gasteiger partial charge on any atom is -0.321 e. The van der Waals surface area contributed by atoms with E-state index in [2.05, 4.69) is 27.4 Å². The smallest absolute Gasteiger partial charge is 0.265 e. The number of carbonyl (C=O) groups is 1. The van der Waals surface area contributed by atoms with Crippen LogP contribution in [0.3, 0.4) is 0 Å². The quantitative estimate of drug-likeness (QED) is 0.499. The molecule has 7 nitrogen and oxygen atoms in total. The van der Waals surface area contributed by atoms with Gasteiger partial charge in [0.1, 0.15) is 5.56 Å². The fourth-order valence-corrected chi connectivity index (χ4v) is 4.27. The van der Waals surface area contributed by atoms with E-state index < -0.39 is 12.3 Å². The van der Waals surface area contributed by atoms with Gasteiger partial charge in [-0.25, -0.2) is 18.3 Å². The zero-order valence-electron chi connectivity index (χ0n) is 17.0. The lowest BCUT2D eigenvalue weighted by molar-refractivity contribution is 0.102. The molecular formula is C22H22F2N6O. The second-order valence-corrected chi connectivity index (χ2v) is 8.22. The normalized spacial score (nSPS) is 19.4. The maximum atomic E-state index is 13.8. The first-order chi connectivity index (χ1) is 15.0. The van der Waals surface area contributed by atoms with Crippen LogP contribution in [0.5, 0.6) is 0 Å². The minimum atomic E-state index is -2.75. The summed E-state index contributed by atoms with van der Waals surface area (Å²) in [5, 5.41) is 12.0. The number of rotatable bonds is 4. The van der Waals surface area contributed by atoms with Crippen molar-refractivity contribution in [3.63, 3.8) is 0 Å². The zero-order chi connectivity index (χ0) is 21.5. The Balaban J connectivity index is 1.48. The van der Waals surface area contributed by atoms with Crippen LogP contribution in [0.2, 0.25) is 0 Å². The van der Waals surface area contributed by atoms with Gasteiger partial charge in [0.15, 0.2) is 5.65 Å². The molecule has 4 aromatic rings. The van der Waals surface area contributed by atoms with Crippen LogP contribution >= 0.6 is 0 Å². The Morgan fingerprint density at radius 3 is 2.81 bits per heavy atom. The summed E-state index contributed by atoms with van der Waals surface area (Å²) in [7, 11) is 0. The van der Waals surface area contributed by atoms with Crippen LogP contribution < -0.4 is 5.32 Å². The standard InChI is InChI=1S/C22H22F2N6O/c1-13-3-5-15(6-4-13)30-12-14-9-19(16(20(23)24)10-18(14)28-30)27-22(31)17-11-26-29-8-2-7-25-21(17)29/h2,7-13,15,20H,3-6H2,1H3,(H,27,31). The molecule has 0 bridgehead atoms. The van der Waals surface area contributed by atoms with Gasteiger partial charge in [0.05, 0.1) is 23.4 Å². The van der Waals surface area contributed by atoms with Gasteiger partial charge >= 0.3 is 0 Å². The predicted octanol–water partition coefficient (Wildman–Crippen LogP) is 5.02. The number of alkyl halides is 2. The Hall–Kier alpha value is -3.36. The molecule has 0 radical (unpaired) electrons. The zero-order valence-corrected chi connectivity index (χ0v) is 17.0. The largest absolute Gasteiger partial charge is 0.321 e. The molecule has 3 aromatic heterocycles. The third-order valence-corrected chi connectivity index (χ3v) is 6.06. The molecule has 1 aliphatic carbocycles. The van der Waals surface area contributed by atoms with Crippen LogP contribution in [0.4, 0.5) is 14.5 Å². The molecule has 1 amide bonds. The van der Waals surface area contributed by atoms with E-state index in [0.29, 0.717) is 17.1 Å². The number of fused-ring (bicyclic) bond motifs is 2. The SMILES string of the molecule is CC1CCC(n2cc3cc(NC(=O)c4cnn5cccnc45)c(C(F)F)cc3n2)CC1. The highest BCUT2D eigenvalue weighted by molar-refractivity contribution is 6.09. The maximum Gasteiger partial charge on any atom is 0.265 e. The summed E-state index contributed by atoms with van der Waals surface area (Å²) >= 11 is 0. The van der Waals surface area contributed by atoms with Gasteiger partial charge in [0.2, 0.25) is 0 Å². The second kappa shape index (κ2) is 7.72. The first-order valence-electron chi connectivity index (χ1n) is 10.4. The number of nitrogens with zero attached hydrogens (tertiary/aromatic N) is 5. The molecule has 0 atom stereocenters. The molecule has 9 heteroatoms. The van der Waals surface area contributed by atoms with Crippen LogP contribution in [0, 0.1) is 5.92 Å². The highest BCUT2D eigenvalue weighted by atomic mass is 19.3. The van der Waals surface area contributed by atoms with Crippen molar-refractivity contribution in [3.05, 3.63) is 54.1 Å². The lowest BCUT2D eigenvalue weighted by atomic mass is 9.87. The molecule has 1 aliphatic rings. The third-order valence-electron chi connectivity index (χ3n) is 6.06. The van der Waals surface area contributed by atoms with Gasteiger partial charge < -0.3 is 5.32 Å². The van der Waals surface area contributed by atoms with Crippen molar-refractivity contribution in [1.82, 2.24) is 24.4 Å². The average Bonchev–Trinajstić information content (AvgIpc) is 3.37. The number of nitrogens with one attached hydrogen (secondary N) is 1. The number of hydrogen-bond acceptors (Lipinski definition) is 4. The summed E-state index contributed by atoms with van der Waals surface area (Å²) in [5.41, 5.74) is 0.893. The Labute approximate surface area is 177 Å². The first kappa shape index (κ1) is 19.6. The van der Waals surface area contributed by atoms with E-state index in [9.17, 15) is 13.6 Å². The molecule has 3 heterocycles. The van der Waals surface area contributed by atoms with Crippen LogP contribution in [-0.4, -0.2) is 30.3 Å². The molecule has 5 rings (SSSR count). The van der Waals surface area contributed by atoms with E-state index in [0.717, 1.165) is 31.1 Å². The third kappa shape index (κ3) is 3.64. The number of aromatic nitrogens is 5. The average molecular weight is 424 g/mol. The van der Waals surface area contributed by atoms with Crippen molar-refractivity contribution in [1.29, 1.82) is 0 Å². The molecular weight excluding hydrogens is 402 g/mol. The summed E-state index contributed by atoms with van der Waals surface area (Å²) in [6.45, 7) is 2.25. The molecule has 1 saturated carbocycles. The Kier molecular flexibility index (Phi) is 4.88. The van der Waals surface area contributed by atoms with E-state index in [1.807, 2.05) is 10.9 Å². The van der Waals surface area contributed by atoms with Crippen LogP contribution in [0.1, 0.15) is 61.0 Å². The van der Waals surface area contributed by atoms with E-state index in [1.165, 1.54) is 16.8 Å². The van der Waals surface area contributed by atoms with E-state index in [1.54, 1.807) is 24.5 Å². The predicted molar refractivity (Wildman–Crippen MR) is 112 cm³/mol. The van der Waals surface area contributed by atoms with Gasteiger partial charge in [-0.15, -0.1) is 0 Å². The summed E-state index contributed by atoms with van der Waals surface area (Å²) < 4.78 is 30.9. The van der Waals surface area contributed by atoms with E-state index >= 15 is 0 Å². The minimum absolute atomic E-state index is 0.0691. The van der Waals surface area contributed by atoms with Gasteiger partial charge in [-0.2, -0.15) is 10.2 Å². The number of anilines is 1. The van der Waals surface area contributed by atoms with Crippen LogP contribution in [-0.2, 0) is 0 Å². The topological polar surface area (TPSA) is 77.1 Å². The molecule has 0 aliphatic heterocycles. The summed E-state index contributed by atoms with van der Waals surface area (Å²) in [4.78, 5) is 17.0. The van der Waals surface area contributed by atoms with Crippen molar-refractivity contribution in [2.75, 3.05) is 5.32 Å². The van der Waals surface area contributed by atoms with Crippen molar-refractivity contribution in [2.45, 2.75) is 45.1 Å². The number of carbonyl (C=O) groups excluding carboxylic acids is 1. The Bertz CT molecular complexity index is 1260. The fourth-order valence-electron chi connectivity index (χ4n) is 4.27. The van der Waals surface area contributed by atoms with Gasteiger partial charge in [-0.3, -0.25) is 9.48 Å². The molecule has 31 heavy (non-hydrogen) atoms. The fraction of sp³-hybridized carbons (Fsp3) is 0.364. The van der Waals surface area contributed by atoms with Gasteiger partial charge in [-0.1, -0.05) is 6.92 Å². The molecule has 160 valence electrons. The van der Waals surface area contributed by atoms with Gasteiger partial charge in [0, 0.05) is 29.5 Å². The van der Waals surface area contributed by atoms with Crippen molar-refractivity contribution < 1.29 is 13.6 Å². The molecule has 0 spiro atoms. The van der Waals surface area contributed by atoms with Crippen LogP contribution in [0.15, 0.2) is 43.0 Å². The number of halogens is 2. The second-order valence-electron chi connectivity index (χ2n) is 8.22. The van der Waals surface area contributed by atoms with Crippen molar-refractivity contribution >= 4 is 28.1 Å². The molecule has 1 aromatic carbocycles. The number of benzene rings is 1. The summed E-state index contributed by atoms with van der Waals surface area (Å²) in [6.07, 6.45) is 8.06. The van der Waals surface area contributed by atoms with Gasteiger partial charge in [0.25, 0.3) is 12.3 Å². The lowest BCUT2D eigenvalue weighted by Gasteiger charge is -2.26. The van der Waals surface area contributed by atoms with Crippen molar-refractivity contribution in [2.24, 2.45) is 5.92 Å². The number of hydrogen-bond donors (Lipinski definition) is 1. The summed E-state index contributed by atoms with van der Waals surface area (Å²) in [6, 6.07) is 4.91. The number of amides is 1. The lowest BCUT2D eigenvalue weighted by Crippen LogP contribution is -2.16. The monoisotopic (exact) mass is 424 g/mol. The first-order valence-corrected chi connectivity index (χ1v) is 10.4. The Morgan fingerprint density at radius 1 is 1.23 bits per heavy atom.